The first-order chi connectivity index (χ1) is 12.7. The van der Waals surface area contributed by atoms with Crippen molar-refractivity contribution in [3.05, 3.63) is 83.1 Å². The minimum Gasteiger partial charge on any atom is -0.455 e. The number of rotatable bonds is 4. The number of hydrogen-bond acceptors (Lipinski definition) is 4. The number of benzene rings is 2. The summed E-state index contributed by atoms with van der Waals surface area (Å²) in [6, 6.07) is 21.3. The van der Waals surface area contributed by atoms with Crippen molar-refractivity contribution >= 4 is 34.5 Å². The zero-order valence-electron chi connectivity index (χ0n) is 14.1. The highest BCUT2D eigenvalue weighted by molar-refractivity contribution is 6.33. The molecule has 128 valence electrons. The number of aromatic nitrogens is 1. The average Bonchev–Trinajstić information content (AvgIpc) is 3.11. The standard InChI is InChI=1S/C21H16ClN3O/c1-14-12-21(24-19-9-5-3-6-16(14)19)25-23-13-15-10-11-20(26-15)17-7-2-4-8-18(17)22/h2-13H,1H3,(H,24,25)/b23-13-. The van der Waals surface area contributed by atoms with E-state index in [0.29, 0.717) is 22.4 Å². The van der Waals surface area contributed by atoms with E-state index >= 15 is 0 Å². The fourth-order valence-corrected chi connectivity index (χ4v) is 3.03. The van der Waals surface area contributed by atoms with Crippen LogP contribution in [0.5, 0.6) is 0 Å². The van der Waals surface area contributed by atoms with E-state index in [1.54, 1.807) is 6.21 Å². The van der Waals surface area contributed by atoms with Crippen molar-refractivity contribution < 1.29 is 4.42 Å². The Morgan fingerprint density at radius 3 is 2.73 bits per heavy atom. The van der Waals surface area contributed by atoms with E-state index in [2.05, 4.69) is 28.5 Å². The Morgan fingerprint density at radius 2 is 1.85 bits per heavy atom. The van der Waals surface area contributed by atoms with Gasteiger partial charge in [-0.3, -0.25) is 5.43 Å². The fraction of sp³-hybridized carbons (Fsp3) is 0.0476. The molecule has 0 bridgehead atoms. The van der Waals surface area contributed by atoms with E-state index < -0.39 is 0 Å². The van der Waals surface area contributed by atoms with Gasteiger partial charge in [0.2, 0.25) is 0 Å². The van der Waals surface area contributed by atoms with Gasteiger partial charge in [0.05, 0.1) is 16.8 Å². The first-order valence-electron chi connectivity index (χ1n) is 8.21. The van der Waals surface area contributed by atoms with E-state index in [4.69, 9.17) is 16.0 Å². The number of pyridine rings is 1. The Balaban J connectivity index is 1.52. The molecule has 4 rings (SSSR count). The minimum atomic E-state index is 0.630. The molecule has 0 unspecified atom stereocenters. The summed E-state index contributed by atoms with van der Waals surface area (Å²) in [6.07, 6.45) is 1.62. The molecule has 0 fully saturated rings. The molecular formula is C21H16ClN3O. The first-order valence-corrected chi connectivity index (χ1v) is 8.59. The van der Waals surface area contributed by atoms with Gasteiger partial charge >= 0.3 is 0 Å². The molecule has 5 heteroatoms. The predicted octanol–water partition coefficient (Wildman–Crippen LogP) is 5.90. The van der Waals surface area contributed by atoms with Crippen LogP contribution in [0.1, 0.15) is 11.3 Å². The van der Waals surface area contributed by atoms with Crippen molar-refractivity contribution in [1.29, 1.82) is 0 Å². The number of hydrazone groups is 1. The van der Waals surface area contributed by atoms with Crippen LogP contribution in [0.2, 0.25) is 5.02 Å². The lowest BCUT2D eigenvalue weighted by molar-refractivity contribution is 0.575. The second-order valence-corrected chi connectivity index (χ2v) is 6.30. The van der Waals surface area contributed by atoms with Gasteiger partial charge < -0.3 is 4.42 Å². The predicted molar refractivity (Wildman–Crippen MR) is 107 cm³/mol. The number of halogens is 1. The number of nitrogens with zero attached hydrogens (tertiary/aromatic N) is 2. The van der Waals surface area contributed by atoms with Gasteiger partial charge in [-0.15, -0.1) is 0 Å². The molecule has 0 saturated carbocycles. The largest absolute Gasteiger partial charge is 0.455 e. The van der Waals surface area contributed by atoms with Crippen LogP contribution >= 0.6 is 11.6 Å². The molecule has 2 heterocycles. The zero-order chi connectivity index (χ0) is 17.9. The molecule has 0 aliphatic heterocycles. The van der Waals surface area contributed by atoms with Crippen LogP contribution in [0.3, 0.4) is 0 Å². The van der Waals surface area contributed by atoms with Crippen molar-refractivity contribution in [3.63, 3.8) is 0 Å². The topological polar surface area (TPSA) is 50.4 Å². The number of furan rings is 1. The van der Waals surface area contributed by atoms with Gasteiger partial charge in [0, 0.05) is 10.9 Å². The lowest BCUT2D eigenvalue weighted by Crippen LogP contribution is -1.95. The lowest BCUT2D eigenvalue weighted by Gasteiger charge is -2.05. The third-order valence-electron chi connectivity index (χ3n) is 4.06. The van der Waals surface area contributed by atoms with Gasteiger partial charge in [0.1, 0.15) is 17.3 Å². The maximum absolute atomic E-state index is 6.20. The second kappa shape index (κ2) is 7.02. The van der Waals surface area contributed by atoms with Gasteiger partial charge in [-0.25, -0.2) is 4.98 Å². The van der Waals surface area contributed by atoms with Crippen LogP contribution in [0.15, 0.2) is 76.2 Å². The number of aryl methyl sites for hydroxylation is 1. The van der Waals surface area contributed by atoms with Crippen molar-refractivity contribution in [3.8, 4) is 11.3 Å². The molecule has 0 atom stereocenters. The summed E-state index contributed by atoms with van der Waals surface area (Å²) < 4.78 is 5.79. The van der Waals surface area contributed by atoms with Crippen molar-refractivity contribution in [2.75, 3.05) is 5.43 Å². The Morgan fingerprint density at radius 1 is 1.04 bits per heavy atom. The van der Waals surface area contributed by atoms with E-state index in [1.165, 1.54) is 0 Å². The maximum Gasteiger partial charge on any atom is 0.147 e. The summed E-state index contributed by atoms with van der Waals surface area (Å²) in [4.78, 5) is 4.56. The Bertz CT molecular complexity index is 1100. The highest BCUT2D eigenvalue weighted by Gasteiger charge is 2.07. The van der Waals surface area contributed by atoms with E-state index in [-0.39, 0.29) is 0 Å². The smallest absolute Gasteiger partial charge is 0.147 e. The quantitative estimate of drug-likeness (QED) is 0.363. The van der Waals surface area contributed by atoms with E-state index in [9.17, 15) is 0 Å². The summed E-state index contributed by atoms with van der Waals surface area (Å²) >= 11 is 6.20. The first kappa shape index (κ1) is 16.4. The SMILES string of the molecule is Cc1cc(N/N=C\c2ccc(-c3ccccc3Cl)o2)nc2ccccc12. The third kappa shape index (κ3) is 3.32. The van der Waals surface area contributed by atoms with Gasteiger partial charge in [-0.05, 0) is 48.9 Å². The number of para-hydroxylation sites is 1. The number of hydrogen-bond donors (Lipinski definition) is 1. The van der Waals surface area contributed by atoms with Gasteiger partial charge in [-0.2, -0.15) is 5.10 Å². The molecule has 0 radical (unpaired) electrons. The molecule has 4 aromatic rings. The Hall–Kier alpha value is -3.11. The number of nitrogens with one attached hydrogen (secondary N) is 1. The van der Waals surface area contributed by atoms with Gasteiger partial charge in [-0.1, -0.05) is 41.9 Å². The average molecular weight is 362 g/mol. The van der Waals surface area contributed by atoms with Crippen LogP contribution < -0.4 is 5.43 Å². The zero-order valence-corrected chi connectivity index (χ0v) is 14.9. The molecule has 0 aliphatic carbocycles. The van der Waals surface area contributed by atoms with Gasteiger partial charge in [0.25, 0.3) is 0 Å². The molecule has 2 aromatic heterocycles. The van der Waals surface area contributed by atoms with Crippen LogP contribution in [-0.2, 0) is 0 Å². The fourth-order valence-electron chi connectivity index (χ4n) is 2.80. The molecule has 4 nitrogen and oxygen atoms in total. The summed E-state index contributed by atoms with van der Waals surface area (Å²) in [5, 5.41) is 6.01. The van der Waals surface area contributed by atoms with Crippen LogP contribution in [0.4, 0.5) is 5.82 Å². The molecular weight excluding hydrogens is 346 g/mol. The number of anilines is 1. The van der Waals surface area contributed by atoms with Crippen LogP contribution in [0.25, 0.3) is 22.2 Å². The molecule has 2 aromatic carbocycles. The normalized spacial score (nSPS) is 11.3. The lowest BCUT2D eigenvalue weighted by atomic mass is 10.1. The molecule has 0 aliphatic rings. The summed E-state index contributed by atoms with van der Waals surface area (Å²) in [5.41, 5.74) is 5.89. The molecule has 0 saturated heterocycles. The van der Waals surface area contributed by atoms with E-state index in [0.717, 1.165) is 22.0 Å². The highest BCUT2D eigenvalue weighted by atomic mass is 35.5. The Kier molecular flexibility index (Phi) is 4.42. The highest BCUT2D eigenvalue weighted by Crippen LogP contribution is 2.28. The summed E-state index contributed by atoms with van der Waals surface area (Å²) in [5.74, 6) is 2.02. The van der Waals surface area contributed by atoms with Crippen LogP contribution in [-0.4, -0.2) is 11.2 Å². The minimum absolute atomic E-state index is 0.630. The third-order valence-corrected chi connectivity index (χ3v) is 4.39. The van der Waals surface area contributed by atoms with E-state index in [1.807, 2.05) is 60.7 Å². The summed E-state index contributed by atoms with van der Waals surface area (Å²) in [7, 11) is 0. The second-order valence-electron chi connectivity index (χ2n) is 5.89. The monoisotopic (exact) mass is 361 g/mol. The molecule has 1 N–H and O–H groups in total. The molecule has 26 heavy (non-hydrogen) atoms. The van der Waals surface area contributed by atoms with Gasteiger partial charge in [0.15, 0.2) is 0 Å². The van der Waals surface area contributed by atoms with Crippen LogP contribution in [0, 0.1) is 6.92 Å². The van der Waals surface area contributed by atoms with Crippen molar-refractivity contribution in [2.24, 2.45) is 5.10 Å². The number of fused-ring (bicyclic) bond motifs is 1. The molecule has 0 spiro atoms. The maximum atomic E-state index is 6.20. The van der Waals surface area contributed by atoms with Crippen molar-refractivity contribution in [1.82, 2.24) is 4.98 Å². The Labute approximate surface area is 156 Å². The molecule has 0 amide bonds. The summed E-state index contributed by atoms with van der Waals surface area (Å²) in [6.45, 7) is 2.06. The van der Waals surface area contributed by atoms with Crippen molar-refractivity contribution in [2.45, 2.75) is 6.92 Å².